The van der Waals surface area contributed by atoms with Gasteiger partial charge >= 0.3 is 0 Å². The van der Waals surface area contributed by atoms with Gasteiger partial charge in [-0.05, 0) is 12.7 Å². The molecule has 0 aromatic heterocycles. The fourth-order valence-corrected chi connectivity index (χ4v) is 1.27. The van der Waals surface area contributed by atoms with Crippen molar-refractivity contribution < 1.29 is 4.79 Å². The summed E-state index contributed by atoms with van der Waals surface area (Å²) in [6.45, 7) is 4.59. The lowest BCUT2D eigenvalue weighted by Gasteiger charge is -2.09. The number of carbonyl (C=O) groups is 1. The highest BCUT2D eigenvalue weighted by molar-refractivity contribution is 7.99. The number of thioether (sulfide) groups is 1. The van der Waals surface area contributed by atoms with E-state index >= 15 is 0 Å². The van der Waals surface area contributed by atoms with E-state index in [2.05, 4.69) is 12.2 Å². The van der Waals surface area contributed by atoms with E-state index in [1.165, 1.54) is 0 Å². The fourth-order valence-electron chi connectivity index (χ4n) is 0.626. The maximum atomic E-state index is 11.0. The highest BCUT2D eigenvalue weighted by Crippen LogP contribution is 1.99. The van der Waals surface area contributed by atoms with Gasteiger partial charge in [-0.3, -0.25) is 4.79 Å². The van der Waals surface area contributed by atoms with Gasteiger partial charge in [0.15, 0.2) is 0 Å². The van der Waals surface area contributed by atoms with Crippen LogP contribution in [0.3, 0.4) is 0 Å². The summed E-state index contributed by atoms with van der Waals surface area (Å²) in [5.41, 5.74) is 5.56. The largest absolute Gasteiger partial charge is 0.355 e. The molecule has 0 aliphatic carbocycles. The van der Waals surface area contributed by atoms with Gasteiger partial charge in [0.1, 0.15) is 0 Å². The average Bonchev–Trinajstić information content (AvgIpc) is 2.00. The third-order valence-corrected chi connectivity index (χ3v) is 2.19. The van der Waals surface area contributed by atoms with Gasteiger partial charge in [0, 0.05) is 12.3 Å². The summed E-state index contributed by atoms with van der Waals surface area (Å²) in [6.07, 6.45) is 0. The van der Waals surface area contributed by atoms with Gasteiger partial charge in [-0.25, -0.2) is 0 Å². The summed E-state index contributed by atoms with van der Waals surface area (Å²) in [4.78, 5) is 11.0. The Labute approximate surface area is 72.1 Å². The molecule has 66 valence electrons. The van der Waals surface area contributed by atoms with Crippen LogP contribution >= 0.6 is 11.8 Å². The van der Waals surface area contributed by atoms with Crippen molar-refractivity contribution in [2.45, 2.75) is 19.9 Å². The van der Waals surface area contributed by atoms with Gasteiger partial charge < -0.3 is 11.1 Å². The minimum absolute atomic E-state index is 0.0477. The van der Waals surface area contributed by atoms with E-state index in [1.807, 2.05) is 6.92 Å². The van der Waals surface area contributed by atoms with Crippen LogP contribution in [0.2, 0.25) is 0 Å². The molecule has 0 heterocycles. The number of rotatable bonds is 5. The van der Waals surface area contributed by atoms with Crippen LogP contribution in [-0.4, -0.2) is 30.0 Å². The minimum atomic E-state index is -0.347. The summed E-state index contributed by atoms with van der Waals surface area (Å²) < 4.78 is 0. The molecular weight excluding hydrogens is 160 g/mol. The van der Waals surface area contributed by atoms with E-state index in [0.29, 0.717) is 12.3 Å². The van der Waals surface area contributed by atoms with Gasteiger partial charge in [-0.1, -0.05) is 6.92 Å². The maximum absolute atomic E-state index is 11.0. The number of likely N-dealkylation sites (N-methyl/N-ethyl adjacent to an activating group) is 1. The molecule has 4 heteroatoms. The number of nitrogens with one attached hydrogen (secondary N) is 1. The van der Waals surface area contributed by atoms with E-state index in [1.54, 1.807) is 11.8 Å². The summed E-state index contributed by atoms with van der Waals surface area (Å²) >= 11 is 1.68. The van der Waals surface area contributed by atoms with E-state index in [-0.39, 0.29) is 11.9 Å². The van der Waals surface area contributed by atoms with E-state index < -0.39 is 0 Å². The molecule has 11 heavy (non-hydrogen) atoms. The van der Waals surface area contributed by atoms with Crippen molar-refractivity contribution in [3.8, 4) is 0 Å². The lowest BCUT2D eigenvalue weighted by Crippen LogP contribution is -2.42. The summed E-state index contributed by atoms with van der Waals surface area (Å²) in [5.74, 6) is 1.67. The normalized spacial score (nSPS) is 12.6. The Bertz CT molecular complexity index is 119. The molecule has 0 bridgehead atoms. The predicted molar refractivity (Wildman–Crippen MR) is 49.7 cm³/mol. The second kappa shape index (κ2) is 6.49. The molecule has 0 aromatic rings. The third kappa shape index (κ3) is 5.09. The zero-order valence-corrected chi connectivity index (χ0v) is 7.91. The SMILES string of the molecule is CCNC(=O)C(N)CSCC. The molecule has 0 saturated heterocycles. The van der Waals surface area contributed by atoms with E-state index in [9.17, 15) is 4.79 Å². The highest BCUT2D eigenvalue weighted by Gasteiger charge is 2.10. The standard InChI is InChI=1S/C7H16N2OS/c1-3-9-7(10)6(8)5-11-4-2/h6H,3-5,8H2,1-2H3,(H,9,10). The Balaban J connectivity index is 3.46. The molecule has 0 rings (SSSR count). The van der Waals surface area contributed by atoms with Gasteiger partial charge in [-0.2, -0.15) is 11.8 Å². The number of carbonyl (C=O) groups excluding carboxylic acids is 1. The number of hydrogen-bond acceptors (Lipinski definition) is 3. The molecule has 0 aliphatic rings. The lowest BCUT2D eigenvalue weighted by molar-refractivity contribution is -0.121. The Morgan fingerprint density at radius 2 is 2.27 bits per heavy atom. The minimum Gasteiger partial charge on any atom is -0.355 e. The Morgan fingerprint density at radius 1 is 1.64 bits per heavy atom. The van der Waals surface area contributed by atoms with Crippen LogP contribution in [0.15, 0.2) is 0 Å². The number of nitrogens with two attached hydrogens (primary N) is 1. The van der Waals surface area contributed by atoms with Crippen LogP contribution in [0.1, 0.15) is 13.8 Å². The van der Waals surface area contributed by atoms with Gasteiger partial charge in [0.05, 0.1) is 6.04 Å². The first kappa shape index (κ1) is 10.8. The van der Waals surface area contributed by atoms with Gasteiger partial charge in [0.2, 0.25) is 5.91 Å². The fraction of sp³-hybridized carbons (Fsp3) is 0.857. The van der Waals surface area contributed by atoms with E-state index in [4.69, 9.17) is 5.73 Å². The van der Waals surface area contributed by atoms with Crippen molar-refractivity contribution in [3.05, 3.63) is 0 Å². The maximum Gasteiger partial charge on any atom is 0.237 e. The van der Waals surface area contributed by atoms with Crippen LogP contribution in [0, 0.1) is 0 Å². The van der Waals surface area contributed by atoms with Gasteiger partial charge in [-0.15, -0.1) is 0 Å². The van der Waals surface area contributed by atoms with Crippen LogP contribution in [0.5, 0.6) is 0 Å². The second-order valence-electron chi connectivity index (χ2n) is 2.16. The number of hydrogen-bond donors (Lipinski definition) is 2. The van der Waals surface area contributed by atoms with Crippen molar-refractivity contribution in [2.24, 2.45) is 5.73 Å². The molecule has 1 unspecified atom stereocenters. The van der Waals surface area contributed by atoms with Crippen LogP contribution in [0.25, 0.3) is 0 Å². The second-order valence-corrected chi connectivity index (χ2v) is 3.48. The summed E-state index contributed by atoms with van der Waals surface area (Å²) in [5, 5.41) is 2.68. The quantitative estimate of drug-likeness (QED) is 0.629. The lowest BCUT2D eigenvalue weighted by atomic mass is 10.3. The third-order valence-electron chi connectivity index (χ3n) is 1.19. The average molecular weight is 176 g/mol. The Morgan fingerprint density at radius 3 is 2.73 bits per heavy atom. The molecule has 0 saturated carbocycles. The zero-order valence-electron chi connectivity index (χ0n) is 7.09. The zero-order chi connectivity index (χ0) is 8.69. The van der Waals surface area contributed by atoms with Gasteiger partial charge in [0.25, 0.3) is 0 Å². The smallest absolute Gasteiger partial charge is 0.237 e. The molecule has 0 fully saturated rings. The molecule has 0 aliphatic heterocycles. The molecule has 0 radical (unpaired) electrons. The van der Waals surface area contributed by atoms with Crippen molar-refractivity contribution in [2.75, 3.05) is 18.1 Å². The molecule has 0 spiro atoms. The highest BCUT2D eigenvalue weighted by atomic mass is 32.2. The molecule has 1 amide bonds. The van der Waals surface area contributed by atoms with Crippen LogP contribution < -0.4 is 11.1 Å². The van der Waals surface area contributed by atoms with Crippen LogP contribution in [-0.2, 0) is 4.79 Å². The molecule has 0 aromatic carbocycles. The summed E-state index contributed by atoms with van der Waals surface area (Å²) in [6, 6.07) is -0.347. The van der Waals surface area contributed by atoms with Crippen molar-refractivity contribution in [3.63, 3.8) is 0 Å². The predicted octanol–water partition coefficient (Wildman–Crippen LogP) is 0.203. The first-order valence-electron chi connectivity index (χ1n) is 3.83. The van der Waals surface area contributed by atoms with Crippen LogP contribution in [0.4, 0.5) is 0 Å². The Kier molecular flexibility index (Phi) is 6.36. The van der Waals surface area contributed by atoms with Crippen molar-refractivity contribution in [1.82, 2.24) is 5.32 Å². The number of amides is 1. The Hall–Kier alpha value is -0.220. The monoisotopic (exact) mass is 176 g/mol. The molecular formula is C7H16N2OS. The van der Waals surface area contributed by atoms with Crippen molar-refractivity contribution >= 4 is 17.7 Å². The summed E-state index contributed by atoms with van der Waals surface area (Å²) in [7, 11) is 0. The van der Waals surface area contributed by atoms with E-state index in [0.717, 1.165) is 5.75 Å². The first-order valence-corrected chi connectivity index (χ1v) is 4.98. The topological polar surface area (TPSA) is 55.1 Å². The molecule has 3 N–H and O–H groups in total. The molecule has 3 nitrogen and oxygen atoms in total. The van der Waals surface area contributed by atoms with Crippen molar-refractivity contribution in [1.29, 1.82) is 0 Å². The first-order chi connectivity index (χ1) is 5.22. The molecule has 1 atom stereocenters.